The molecule has 0 saturated carbocycles. The van der Waals surface area contributed by atoms with Crippen LogP contribution in [0.25, 0.3) is 0 Å². The second-order valence-corrected chi connectivity index (χ2v) is 9.20. The van der Waals surface area contributed by atoms with Gasteiger partial charge < -0.3 is 0 Å². The van der Waals surface area contributed by atoms with Gasteiger partial charge in [0.2, 0.25) is 0 Å². The van der Waals surface area contributed by atoms with Crippen molar-refractivity contribution in [3.63, 3.8) is 0 Å². The first-order valence-electron chi connectivity index (χ1n) is 10.7. The van der Waals surface area contributed by atoms with E-state index in [1.807, 2.05) is 19.1 Å². The van der Waals surface area contributed by atoms with Crippen molar-refractivity contribution in [2.24, 2.45) is 17.8 Å². The average molecular weight is 516 g/mol. The number of nitrogens with zero attached hydrogens (tertiary/aromatic N) is 3. The number of hydrazine groups is 1. The first kappa shape index (κ1) is 24.6. The van der Waals surface area contributed by atoms with Crippen LogP contribution in [0.15, 0.2) is 54.6 Å². The summed E-state index contributed by atoms with van der Waals surface area (Å²) in [5, 5.41) is 12.7. The Morgan fingerprint density at radius 1 is 1.11 bits per heavy atom. The number of allylic oxidation sites excluding steroid dienone is 2. The van der Waals surface area contributed by atoms with Crippen LogP contribution in [0, 0.1) is 27.9 Å². The molecule has 0 bridgehead atoms. The summed E-state index contributed by atoms with van der Waals surface area (Å²) in [7, 11) is 0. The SMILES string of the molecule is C[C@@H]1C=CC[C@@H]2C(=O)N(N(CC(=O)c3ccc([N+](=O)[O-])cc3)C(=O)c3ccc(Cl)cc3Cl)C(=O)[C@@H]12. The van der Waals surface area contributed by atoms with Gasteiger partial charge in [0, 0.05) is 22.7 Å². The number of ketones is 1. The molecule has 1 saturated heterocycles. The number of carbonyl (C=O) groups is 4. The number of nitro groups is 1. The van der Waals surface area contributed by atoms with Crippen molar-refractivity contribution in [3.05, 3.63) is 85.9 Å². The van der Waals surface area contributed by atoms with E-state index in [9.17, 15) is 29.3 Å². The molecule has 1 fully saturated rings. The van der Waals surface area contributed by atoms with Gasteiger partial charge in [0.15, 0.2) is 5.78 Å². The van der Waals surface area contributed by atoms with Gasteiger partial charge >= 0.3 is 0 Å². The van der Waals surface area contributed by atoms with Gasteiger partial charge in [-0.05, 0) is 42.7 Å². The molecule has 1 heterocycles. The molecule has 1 aliphatic heterocycles. The fraction of sp³-hybridized carbons (Fsp3) is 0.250. The number of non-ortho nitro benzene ring substituents is 1. The number of nitro benzene ring substituents is 1. The van der Waals surface area contributed by atoms with E-state index < -0.39 is 46.8 Å². The number of imide groups is 1. The van der Waals surface area contributed by atoms with Gasteiger partial charge in [0.05, 0.1) is 27.3 Å². The standard InChI is InChI=1S/C24H19Cl2N3O6/c1-13-3-2-4-18-21(13)24(33)28(23(18)32)27(22(31)17-10-7-15(25)11-19(17)26)12-20(30)14-5-8-16(9-6-14)29(34)35/h2-3,5-11,13,18,21H,4,12H2,1H3/t13-,18+,21+/m1/s1. The molecule has 0 radical (unpaired) electrons. The van der Waals surface area contributed by atoms with Gasteiger partial charge in [-0.1, -0.05) is 42.3 Å². The highest BCUT2D eigenvalue weighted by Gasteiger charge is 2.53. The fourth-order valence-corrected chi connectivity index (χ4v) is 4.89. The third-order valence-corrected chi connectivity index (χ3v) is 6.73. The molecular formula is C24H19Cl2N3O6. The van der Waals surface area contributed by atoms with E-state index in [2.05, 4.69) is 0 Å². The van der Waals surface area contributed by atoms with E-state index in [-0.39, 0.29) is 32.8 Å². The number of carbonyl (C=O) groups excluding carboxylic acids is 4. The third-order valence-electron chi connectivity index (χ3n) is 6.18. The zero-order valence-corrected chi connectivity index (χ0v) is 19.9. The number of amides is 3. The quantitative estimate of drug-likeness (QED) is 0.185. The van der Waals surface area contributed by atoms with Crippen molar-refractivity contribution < 1.29 is 24.1 Å². The predicted octanol–water partition coefficient (Wildman–Crippen LogP) is 4.34. The van der Waals surface area contributed by atoms with Crippen molar-refractivity contribution in [1.82, 2.24) is 10.0 Å². The highest BCUT2D eigenvalue weighted by Crippen LogP contribution is 2.39. The number of Topliss-reactive ketones (excluding diaryl/α,β-unsaturated/α-hetero) is 1. The molecule has 2 aliphatic rings. The summed E-state index contributed by atoms with van der Waals surface area (Å²) in [5.41, 5.74) is -0.186. The molecule has 3 amide bonds. The van der Waals surface area contributed by atoms with E-state index in [0.717, 1.165) is 22.2 Å². The molecule has 0 N–H and O–H groups in total. The van der Waals surface area contributed by atoms with E-state index >= 15 is 0 Å². The second kappa shape index (κ2) is 9.59. The molecule has 11 heteroatoms. The molecule has 2 aromatic rings. The molecule has 9 nitrogen and oxygen atoms in total. The number of fused-ring (bicyclic) bond motifs is 1. The smallest absolute Gasteiger partial charge is 0.274 e. The van der Waals surface area contributed by atoms with Gasteiger partial charge in [-0.25, -0.2) is 5.01 Å². The summed E-state index contributed by atoms with van der Waals surface area (Å²) >= 11 is 12.2. The first-order chi connectivity index (χ1) is 16.6. The number of benzene rings is 2. The van der Waals surface area contributed by atoms with E-state index in [0.29, 0.717) is 6.42 Å². The van der Waals surface area contributed by atoms with Crippen LogP contribution < -0.4 is 0 Å². The summed E-state index contributed by atoms with van der Waals surface area (Å²) in [4.78, 5) is 63.6. The summed E-state index contributed by atoms with van der Waals surface area (Å²) in [5.74, 6) is -4.14. The Bertz CT molecular complexity index is 1280. The van der Waals surface area contributed by atoms with Crippen molar-refractivity contribution in [1.29, 1.82) is 0 Å². The van der Waals surface area contributed by atoms with Gasteiger partial charge in [0.25, 0.3) is 23.4 Å². The molecule has 4 rings (SSSR count). The van der Waals surface area contributed by atoms with Gasteiger partial charge in [-0.15, -0.1) is 0 Å². The summed E-state index contributed by atoms with van der Waals surface area (Å²) in [6, 6.07) is 8.92. The topological polar surface area (TPSA) is 118 Å². The second-order valence-electron chi connectivity index (χ2n) is 8.36. The van der Waals surface area contributed by atoms with Gasteiger partial charge in [-0.3, -0.25) is 29.3 Å². The predicted molar refractivity (Wildman–Crippen MR) is 127 cm³/mol. The molecule has 180 valence electrons. The number of hydrogen-bond donors (Lipinski definition) is 0. The lowest BCUT2D eigenvalue weighted by Crippen LogP contribution is -2.52. The largest absolute Gasteiger partial charge is 0.292 e. The number of halogens is 2. The Balaban J connectivity index is 1.71. The summed E-state index contributed by atoms with van der Waals surface area (Å²) in [6.07, 6.45) is 4.01. The van der Waals surface area contributed by atoms with Crippen molar-refractivity contribution >= 4 is 52.4 Å². The summed E-state index contributed by atoms with van der Waals surface area (Å²) in [6.45, 7) is 1.15. The van der Waals surface area contributed by atoms with Crippen LogP contribution >= 0.6 is 23.2 Å². The minimum absolute atomic E-state index is 0.0122. The van der Waals surface area contributed by atoms with Crippen LogP contribution in [0.1, 0.15) is 34.1 Å². The molecule has 3 atom stereocenters. The Morgan fingerprint density at radius 2 is 1.80 bits per heavy atom. The molecular weight excluding hydrogens is 497 g/mol. The lowest BCUT2D eigenvalue weighted by atomic mass is 9.78. The lowest BCUT2D eigenvalue weighted by Gasteiger charge is -2.30. The third kappa shape index (κ3) is 4.56. The Labute approximate surface area is 210 Å². The molecule has 1 aliphatic carbocycles. The van der Waals surface area contributed by atoms with Crippen LogP contribution in [0.5, 0.6) is 0 Å². The average Bonchev–Trinajstić information content (AvgIpc) is 3.08. The molecule has 0 aromatic heterocycles. The van der Waals surface area contributed by atoms with E-state index in [1.54, 1.807) is 0 Å². The molecule has 2 aromatic carbocycles. The normalized spacial score (nSPS) is 21.1. The van der Waals surface area contributed by atoms with Crippen LogP contribution in [0.2, 0.25) is 10.0 Å². The highest BCUT2D eigenvalue weighted by molar-refractivity contribution is 6.36. The molecule has 0 unspecified atom stereocenters. The van der Waals surface area contributed by atoms with Crippen molar-refractivity contribution in [2.45, 2.75) is 13.3 Å². The number of rotatable bonds is 6. The molecule has 0 spiro atoms. The van der Waals surface area contributed by atoms with Crippen molar-refractivity contribution in [2.75, 3.05) is 6.54 Å². The maximum absolute atomic E-state index is 13.5. The minimum Gasteiger partial charge on any atom is -0.292 e. The highest BCUT2D eigenvalue weighted by atomic mass is 35.5. The van der Waals surface area contributed by atoms with E-state index in [4.69, 9.17) is 23.2 Å². The van der Waals surface area contributed by atoms with Crippen LogP contribution in [-0.2, 0) is 9.59 Å². The van der Waals surface area contributed by atoms with Crippen LogP contribution in [0.4, 0.5) is 5.69 Å². The van der Waals surface area contributed by atoms with Crippen LogP contribution in [-0.4, -0.2) is 45.0 Å². The summed E-state index contributed by atoms with van der Waals surface area (Å²) < 4.78 is 0. The Hall–Kier alpha value is -3.56. The minimum atomic E-state index is -0.831. The van der Waals surface area contributed by atoms with Gasteiger partial charge in [0.1, 0.15) is 6.54 Å². The maximum Gasteiger partial charge on any atom is 0.274 e. The molecule has 35 heavy (non-hydrogen) atoms. The number of hydrogen-bond acceptors (Lipinski definition) is 6. The Kier molecular flexibility index (Phi) is 6.73. The lowest BCUT2D eigenvalue weighted by molar-refractivity contribution is -0.384. The monoisotopic (exact) mass is 515 g/mol. The zero-order valence-electron chi connectivity index (χ0n) is 18.4. The van der Waals surface area contributed by atoms with E-state index in [1.165, 1.54) is 30.3 Å². The fourth-order valence-electron chi connectivity index (χ4n) is 4.40. The first-order valence-corrected chi connectivity index (χ1v) is 11.4. The van der Waals surface area contributed by atoms with Crippen LogP contribution in [0.3, 0.4) is 0 Å². The van der Waals surface area contributed by atoms with Crippen molar-refractivity contribution in [3.8, 4) is 0 Å². The Morgan fingerprint density at radius 3 is 2.40 bits per heavy atom. The maximum atomic E-state index is 13.5. The zero-order chi connectivity index (χ0) is 25.4. The van der Waals surface area contributed by atoms with Gasteiger partial charge in [-0.2, -0.15) is 5.01 Å².